The van der Waals surface area contributed by atoms with Gasteiger partial charge in [-0.3, -0.25) is 0 Å². The molecule has 5 nitrogen and oxygen atoms in total. The van der Waals surface area contributed by atoms with Crippen LogP contribution in [0.25, 0.3) is 0 Å². The van der Waals surface area contributed by atoms with Gasteiger partial charge in [-0.2, -0.15) is 0 Å². The fourth-order valence-corrected chi connectivity index (χ4v) is 2.14. The Morgan fingerprint density at radius 3 is 2.44 bits per heavy atom. The average Bonchev–Trinajstić information content (AvgIpc) is 2.29. The average molecular weight is 274 g/mol. The molecule has 0 aromatic heterocycles. The standard InChI is InChI=1S/C11H15FN2O3S/c1-2-3-8-13-11(15)14-18(16,17)10-6-4-9(12)5-7-10/h4-7H,2-3,8H2,1H3,(H2,13,14,15). The van der Waals surface area contributed by atoms with Gasteiger partial charge in [0.05, 0.1) is 4.90 Å². The zero-order valence-corrected chi connectivity index (χ0v) is 10.8. The van der Waals surface area contributed by atoms with Gasteiger partial charge in [-0.05, 0) is 30.7 Å². The van der Waals surface area contributed by atoms with Crippen LogP contribution in [0.1, 0.15) is 19.8 Å². The van der Waals surface area contributed by atoms with Crippen molar-refractivity contribution in [1.29, 1.82) is 0 Å². The van der Waals surface area contributed by atoms with Crippen LogP contribution in [0.2, 0.25) is 0 Å². The summed E-state index contributed by atoms with van der Waals surface area (Å²) in [5, 5.41) is 2.42. The number of amides is 2. The van der Waals surface area contributed by atoms with Crippen molar-refractivity contribution in [3.8, 4) is 0 Å². The second-order valence-corrected chi connectivity index (χ2v) is 5.35. The summed E-state index contributed by atoms with van der Waals surface area (Å²) in [5.74, 6) is -0.540. The van der Waals surface area contributed by atoms with Crippen LogP contribution in [0, 0.1) is 5.82 Å². The molecular weight excluding hydrogens is 259 g/mol. The number of carbonyl (C=O) groups excluding carboxylic acids is 1. The second kappa shape index (κ2) is 6.34. The maximum absolute atomic E-state index is 12.6. The summed E-state index contributed by atoms with van der Waals surface area (Å²) < 4.78 is 37.9. The van der Waals surface area contributed by atoms with Gasteiger partial charge >= 0.3 is 6.03 Å². The minimum atomic E-state index is -3.94. The van der Waals surface area contributed by atoms with E-state index in [-0.39, 0.29) is 4.90 Å². The first kappa shape index (κ1) is 14.4. The van der Waals surface area contributed by atoms with Gasteiger partial charge in [0.15, 0.2) is 0 Å². The normalized spacial score (nSPS) is 11.0. The van der Waals surface area contributed by atoms with Gasteiger partial charge in [-0.1, -0.05) is 13.3 Å². The van der Waals surface area contributed by atoms with Gasteiger partial charge in [0.2, 0.25) is 0 Å². The van der Waals surface area contributed by atoms with E-state index in [9.17, 15) is 17.6 Å². The Balaban J connectivity index is 2.64. The van der Waals surface area contributed by atoms with Crippen LogP contribution in [0.3, 0.4) is 0 Å². The Morgan fingerprint density at radius 2 is 1.89 bits per heavy atom. The molecule has 0 aliphatic heterocycles. The van der Waals surface area contributed by atoms with Crippen molar-refractivity contribution >= 4 is 16.1 Å². The summed E-state index contributed by atoms with van der Waals surface area (Å²) >= 11 is 0. The molecule has 0 spiro atoms. The molecule has 1 aromatic rings. The smallest absolute Gasteiger partial charge is 0.328 e. The molecule has 0 saturated carbocycles. The van der Waals surface area contributed by atoms with Crippen molar-refractivity contribution in [3.05, 3.63) is 30.1 Å². The minimum Gasteiger partial charge on any atom is -0.337 e. The van der Waals surface area contributed by atoms with E-state index in [2.05, 4.69) is 5.32 Å². The van der Waals surface area contributed by atoms with Crippen molar-refractivity contribution in [2.45, 2.75) is 24.7 Å². The summed E-state index contributed by atoms with van der Waals surface area (Å²) in [5.41, 5.74) is 0. The molecule has 0 fully saturated rings. The van der Waals surface area contributed by atoms with Crippen LogP contribution in [-0.4, -0.2) is 21.0 Å². The van der Waals surface area contributed by atoms with Crippen molar-refractivity contribution in [2.24, 2.45) is 0 Å². The van der Waals surface area contributed by atoms with Gasteiger partial charge in [0, 0.05) is 6.54 Å². The quantitative estimate of drug-likeness (QED) is 0.801. The Kier molecular flexibility index (Phi) is 5.08. The van der Waals surface area contributed by atoms with Crippen LogP contribution >= 0.6 is 0 Å². The summed E-state index contributed by atoms with van der Waals surface area (Å²) in [6.45, 7) is 2.36. The molecule has 0 unspecified atom stereocenters. The van der Waals surface area contributed by atoms with Gasteiger partial charge in [-0.25, -0.2) is 22.3 Å². The highest BCUT2D eigenvalue weighted by atomic mass is 32.2. The molecule has 0 bridgehead atoms. The van der Waals surface area contributed by atoms with Gasteiger partial charge < -0.3 is 5.32 Å². The molecule has 0 radical (unpaired) electrons. The third-order valence-electron chi connectivity index (χ3n) is 2.17. The minimum absolute atomic E-state index is 0.158. The SMILES string of the molecule is CCCCNC(=O)NS(=O)(=O)c1ccc(F)cc1. The van der Waals surface area contributed by atoms with E-state index in [1.807, 2.05) is 11.6 Å². The number of sulfonamides is 1. The number of unbranched alkanes of at least 4 members (excludes halogenated alkanes) is 1. The fourth-order valence-electron chi connectivity index (χ4n) is 1.21. The number of urea groups is 1. The highest BCUT2D eigenvalue weighted by Crippen LogP contribution is 2.09. The second-order valence-electron chi connectivity index (χ2n) is 3.67. The maximum atomic E-state index is 12.6. The van der Waals surface area contributed by atoms with E-state index < -0.39 is 21.9 Å². The highest BCUT2D eigenvalue weighted by molar-refractivity contribution is 7.90. The summed E-state index contributed by atoms with van der Waals surface area (Å²) in [7, 11) is -3.94. The molecule has 0 saturated heterocycles. The van der Waals surface area contributed by atoms with Gasteiger partial charge in [0.25, 0.3) is 10.0 Å². The first-order chi connectivity index (χ1) is 8.45. The Labute approximate surface area is 105 Å². The number of rotatable bonds is 5. The molecule has 0 atom stereocenters. The first-order valence-electron chi connectivity index (χ1n) is 5.52. The van der Waals surface area contributed by atoms with Crippen LogP contribution < -0.4 is 10.0 Å². The molecule has 0 aliphatic carbocycles. The first-order valence-corrected chi connectivity index (χ1v) is 7.00. The number of nitrogens with one attached hydrogen (secondary N) is 2. The molecule has 18 heavy (non-hydrogen) atoms. The number of hydrogen-bond acceptors (Lipinski definition) is 3. The fraction of sp³-hybridized carbons (Fsp3) is 0.364. The summed E-state index contributed by atoms with van der Waals surface area (Å²) in [6.07, 6.45) is 1.66. The van der Waals surface area contributed by atoms with E-state index in [1.165, 1.54) is 0 Å². The zero-order chi connectivity index (χ0) is 13.6. The van der Waals surface area contributed by atoms with Crippen LogP contribution in [0.5, 0.6) is 0 Å². The van der Waals surface area contributed by atoms with Gasteiger partial charge in [0.1, 0.15) is 5.82 Å². The monoisotopic (exact) mass is 274 g/mol. The molecule has 2 amide bonds. The highest BCUT2D eigenvalue weighted by Gasteiger charge is 2.16. The van der Waals surface area contributed by atoms with Gasteiger partial charge in [-0.15, -0.1) is 0 Å². The topological polar surface area (TPSA) is 75.3 Å². The third-order valence-corrected chi connectivity index (χ3v) is 3.51. The van der Waals surface area contributed by atoms with Crippen molar-refractivity contribution in [2.75, 3.05) is 6.54 Å². The lowest BCUT2D eigenvalue weighted by Gasteiger charge is -2.08. The molecule has 100 valence electrons. The zero-order valence-electron chi connectivity index (χ0n) is 9.94. The van der Waals surface area contributed by atoms with Crippen molar-refractivity contribution < 1.29 is 17.6 Å². The molecule has 1 rings (SSSR count). The Hall–Kier alpha value is -1.63. The van der Waals surface area contributed by atoms with Crippen molar-refractivity contribution in [3.63, 3.8) is 0 Å². The van der Waals surface area contributed by atoms with E-state index in [4.69, 9.17) is 0 Å². The van der Waals surface area contributed by atoms with Crippen LogP contribution in [0.15, 0.2) is 29.2 Å². The molecule has 1 aromatic carbocycles. The predicted molar refractivity (Wildman–Crippen MR) is 65.0 cm³/mol. The molecule has 7 heteroatoms. The lowest BCUT2D eigenvalue weighted by Crippen LogP contribution is -2.39. The molecule has 0 aliphatic rings. The van der Waals surface area contributed by atoms with E-state index in [0.29, 0.717) is 6.54 Å². The summed E-state index contributed by atoms with van der Waals surface area (Å²) in [4.78, 5) is 11.1. The van der Waals surface area contributed by atoms with Crippen LogP contribution in [0.4, 0.5) is 9.18 Å². The lowest BCUT2D eigenvalue weighted by molar-refractivity contribution is 0.245. The lowest BCUT2D eigenvalue weighted by atomic mass is 10.3. The number of benzene rings is 1. The van der Waals surface area contributed by atoms with E-state index >= 15 is 0 Å². The Bertz CT molecular complexity index is 500. The molecule has 2 N–H and O–H groups in total. The largest absolute Gasteiger partial charge is 0.337 e. The number of halogens is 1. The molecule has 0 heterocycles. The number of carbonyl (C=O) groups is 1. The molecular formula is C11H15FN2O3S. The van der Waals surface area contributed by atoms with Crippen LogP contribution in [-0.2, 0) is 10.0 Å². The van der Waals surface area contributed by atoms with E-state index in [1.54, 1.807) is 0 Å². The third kappa shape index (κ3) is 4.33. The predicted octanol–water partition coefficient (Wildman–Crippen LogP) is 1.61. The maximum Gasteiger partial charge on any atom is 0.328 e. The van der Waals surface area contributed by atoms with Crippen molar-refractivity contribution in [1.82, 2.24) is 10.0 Å². The summed E-state index contributed by atoms with van der Waals surface area (Å²) in [6, 6.07) is 3.44. The van der Waals surface area contributed by atoms with E-state index in [0.717, 1.165) is 37.1 Å². The number of hydrogen-bond donors (Lipinski definition) is 2. The Morgan fingerprint density at radius 1 is 1.28 bits per heavy atom.